The monoisotopic (exact) mass is 580 g/mol. The van der Waals surface area contributed by atoms with E-state index in [4.69, 9.17) is 0 Å². The Kier molecular flexibility index (Phi) is 12.7. The number of dihydropyridines is 1. The minimum absolute atomic E-state index is 0.187. The Morgan fingerprint density at radius 1 is 0.310 bits per heavy atom. The summed E-state index contributed by atoms with van der Waals surface area (Å²) in [4.78, 5) is 13.8. The van der Waals surface area contributed by atoms with E-state index in [9.17, 15) is 0 Å². The topological polar surface area (TPSA) is 37.1 Å². The van der Waals surface area contributed by atoms with E-state index in [0.29, 0.717) is 52.1 Å². The van der Waals surface area contributed by atoms with Crippen molar-refractivity contribution in [1.82, 2.24) is 0 Å². The van der Waals surface area contributed by atoms with E-state index in [1.807, 2.05) is 18.6 Å². The van der Waals surface area contributed by atoms with E-state index < -0.39 is 0 Å². The summed E-state index contributed by atoms with van der Waals surface area (Å²) in [7, 11) is 0. The van der Waals surface area contributed by atoms with Gasteiger partial charge in [-0.1, -0.05) is 155 Å². The van der Waals surface area contributed by atoms with Gasteiger partial charge in [-0.2, -0.15) is 0 Å². The first-order chi connectivity index (χ1) is 18.7. The Morgan fingerprint density at radius 2 is 0.595 bits per heavy atom. The van der Waals surface area contributed by atoms with Gasteiger partial charge < -0.3 is 0 Å². The summed E-state index contributed by atoms with van der Waals surface area (Å²) in [6.07, 6.45) is 19.1. The van der Waals surface area contributed by atoms with Gasteiger partial charge in [-0.3, -0.25) is 15.0 Å². The van der Waals surface area contributed by atoms with Gasteiger partial charge in [-0.25, -0.2) is 0 Å². The molecule has 0 amide bonds. The average molecular weight is 580 g/mol. The maximum atomic E-state index is 4.64. The predicted molar refractivity (Wildman–Crippen MR) is 191 cm³/mol. The molecule has 240 valence electrons. The minimum atomic E-state index is 0.187. The third-order valence-electron chi connectivity index (χ3n) is 8.65. The lowest BCUT2D eigenvalue weighted by Crippen LogP contribution is -2.44. The largest absolute Gasteiger partial charge is 0.289 e. The van der Waals surface area contributed by atoms with Crippen LogP contribution in [0.4, 0.5) is 0 Å². The second-order valence-corrected chi connectivity index (χ2v) is 19.2. The summed E-state index contributed by atoms with van der Waals surface area (Å²) in [5, 5.41) is 0. The Morgan fingerprint density at radius 3 is 0.857 bits per heavy atom. The molecule has 3 nitrogen and oxygen atoms in total. The van der Waals surface area contributed by atoms with Crippen molar-refractivity contribution in [2.45, 2.75) is 143 Å². The van der Waals surface area contributed by atoms with Crippen LogP contribution in [0.15, 0.2) is 51.4 Å². The van der Waals surface area contributed by atoms with Gasteiger partial charge in [0.1, 0.15) is 0 Å². The molecule has 1 aliphatic carbocycles. The smallest absolute Gasteiger partial charge is 0.0776 e. The Bertz CT molecular complexity index is 791. The van der Waals surface area contributed by atoms with Crippen molar-refractivity contribution in [3.05, 3.63) is 36.5 Å². The van der Waals surface area contributed by atoms with Crippen LogP contribution in [0.25, 0.3) is 0 Å². The molecule has 42 heavy (non-hydrogen) atoms. The van der Waals surface area contributed by atoms with Crippen LogP contribution < -0.4 is 0 Å². The van der Waals surface area contributed by atoms with Crippen molar-refractivity contribution in [3.8, 4) is 0 Å². The van der Waals surface area contributed by atoms with Crippen molar-refractivity contribution in [3.63, 3.8) is 0 Å². The van der Waals surface area contributed by atoms with E-state index in [-0.39, 0.29) is 16.2 Å². The molecule has 3 rings (SSSR count). The third-order valence-corrected chi connectivity index (χ3v) is 8.65. The lowest BCUT2D eigenvalue weighted by atomic mass is 9.63. The molecule has 0 saturated carbocycles. The van der Waals surface area contributed by atoms with E-state index in [0.717, 1.165) is 0 Å². The number of hydrogen-bond acceptors (Lipinski definition) is 3. The van der Waals surface area contributed by atoms with Crippen LogP contribution in [0, 0.1) is 50.2 Å². The van der Waals surface area contributed by atoms with Gasteiger partial charge in [0.05, 0.1) is 18.1 Å². The van der Waals surface area contributed by atoms with Gasteiger partial charge >= 0.3 is 0 Å². The normalized spacial score (nSPS) is 28.1. The van der Waals surface area contributed by atoms with Crippen molar-refractivity contribution in [2.24, 2.45) is 65.2 Å². The number of rotatable bonds is 0. The molecular weight excluding hydrogens is 510 g/mol. The molecule has 2 heterocycles. The Balaban J connectivity index is 0.000000315. The van der Waals surface area contributed by atoms with Crippen LogP contribution in [0.2, 0.25) is 0 Å². The molecular formula is C39H69N3. The molecule has 0 spiro atoms. The lowest BCUT2D eigenvalue weighted by molar-refractivity contribution is 0.141. The summed E-state index contributed by atoms with van der Waals surface area (Å²) in [5.74, 6) is 1.87. The summed E-state index contributed by atoms with van der Waals surface area (Å²) < 4.78 is 0. The maximum absolute atomic E-state index is 4.64. The zero-order chi connectivity index (χ0) is 32.9. The van der Waals surface area contributed by atoms with Crippen molar-refractivity contribution in [2.75, 3.05) is 0 Å². The fraction of sp³-hybridized carbons (Fsp3) is 0.769. The van der Waals surface area contributed by atoms with Crippen molar-refractivity contribution >= 4 is 18.6 Å². The second-order valence-electron chi connectivity index (χ2n) is 19.2. The molecule has 3 heteroatoms. The van der Waals surface area contributed by atoms with Gasteiger partial charge in [-0.15, -0.1) is 0 Å². The number of nitrogens with zero attached hydrogens (tertiary/aromatic N) is 3. The van der Waals surface area contributed by atoms with Crippen molar-refractivity contribution in [1.29, 1.82) is 0 Å². The molecule has 0 fully saturated rings. The summed E-state index contributed by atoms with van der Waals surface area (Å²) >= 11 is 0. The highest BCUT2D eigenvalue weighted by Gasteiger charge is 2.40. The highest BCUT2D eigenvalue weighted by atomic mass is 15.0. The molecule has 0 radical (unpaired) electrons. The van der Waals surface area contributed by atoms with Crippen LogP contribution in [-0.2, 0) is 0 Å². The molecule has 0 bridgehead atoms. The number of hydrogen-bond donors (Lipinski definition) is 0. The molecule has 0 aromatic heterocycles. The number of allylic oxidation sites excluding steroid dienone is 5. The highest BCUT2D eigenvalue weighted by Crippen LogP contribution is 2.44. The third kappa shape index (κ3) is 11.7. The SMILES string of the molecule is CC(C)(C)C1C=CC=CC1C(C)(C)C.CC(C)(C)C1C=CC=NC1C(C)(C)C.CC(C)(C)C1N=CC=NC1C(C)(C)C. The molecule has 0 aromatic carbocycles. The second kappa shape index (κ2) is 13.9. The average Bonchev–Trinajstić information content (AvgIpc) is 2.82. The quantitative estimate of drug-likeness (QED) is 0.274. The lowest BCUT2D eigenvalue weighted by Gasteiger charge is -2.42. The molecule has 6 atom stereocenters. The van der Waals surface area contributed by atoms with Gasteiger partial charge in [0, 0.05) is 24.6 Å². The van der Waals surface area contributed by atoms with E-state index in [1.165, 1.54) is 0 Å². The van der Waals surface area contributed by atoms with E-state index >= 15 is 0 Å². The molecule has 6 unspecified atom stereocenters. The molecule has 3 aliphatic rings. The number of aliphatic imine (C=N–C) groups is 3. The van der Waals surface area contributed by atoms with Crippen LogP contribution in [-0.4, -0.2) is 36.8 Å². The molecule has 2 aliphatic heterocycles. The van der Waals surface area contributed by atoms with Crippen LogP contribution in [0.5, 0.6) is 0 Å². The first-order valence-corrected chi connectivity index (χ1v) is 16.3. The zero-order valence-electron chi connectivity index (χ0n) is 31.0. The summed E-state index contributed by atoms with van der Waals surface area (Å²) in [6, 6.07) is 1.01. The summed E-state index contributed by atoms with van der Waals surface area (Å²) in [5.41, 5.74) is 1.64. The van der Waals surface area contributed by atoms with Gasteiger partial charge in [0.2, 0.25) is 0 Å². The first-order valence-electron chi connectivity index (χ1n) is 16.3. The Labute approximate surface area is 262 Å². The van der Waals surface area contributed by atoms with Crippen LogP contribution in [0.1, 0.15) is 125 Å². The zero-order valence-corrected chi connectivity index (χ0v) is 31.0. The summed E-state index contributed by atoms with van der Waals surface area (Å²) in [6.45, 7) is 41.1. The highest BCUT2D eigenvalue weighted by molar-refractivity contribution is 6.16. The van der Waals surface area contributed by atoms with Gasteiger partial charge in [-0.05, 0) is 50.4 Å². The van der Waals surface area contributed by atoms with Gasteiger partial charge in [0.25, 0.3) is 0 Å². The van der Waals surface area contributed by atoms with Crippen LogP contribution >= 0.6 is 0 Å². The van der Waals surface area contributed by atoms with Crippen molar-refractivity contribution < 1.29 is 0 Å². The van der Waals surface area contributed by atoms with E-state index in [2.05, 4.69) is 176 Å². The minimum Gasteiger partial charge on any atom is -0.289 e. The molecule has 0 N–H and O–H groups in total. The van der Waals surface area contributed by atoms with E-state index in [1.54, 1.807) is 0 Å². The fourth-order valence-electron chi connectivity index (χ4n) is 6.12. The molecule has 0 aromatic rings. The van der Waals surface area contributed by atoms with Crippen LogP contribution in [0.3, 0.4) is 0 Å². The predicted octanol–water partition coefficient (Wildman–Crippen LogP) is 11.1. The Hall–Kier alpha value is -1.77. The first kappa shape index (κ1) is 38.3. The maximum Gasteiger partial charge on any atom is 0.0776 e. The fourth-order valence-corrected chi connectivity index (χ4v) is 6.12. The van der Waals surface area contributed by atoms with Gasteiger partial charge in [0.15, 0.2) is 0 Å². The molecule has 0 saturated heterocycles. The standard InChI is InChI=1S/C14H24.C13H23N.C12H22N2/c1-13(2,3)11-9-7-8-10-12(11)14(4,5)6;1-12(2,3)10-8-7-9-14-11(10)13(4,5)6;1-11(2,3)9-10(12(4,5)6)14-8-7-13-9/h7-12H,1-6H3;7-11H,1-6H3;7-10H,1-6H3.